The number of methoxy groups -OCH3 is 1. The normalized spacial score (nSPS) is 11.4. The van der Waals surface area contributed by atoms with Gasteiger partial charge in [-0.2, -0.15) is 0 Å². The number of aliphatic imine (C=N–C) groups is 1. The Hall–Kier alpha value is -4.92. The van der Waals surface area contributed by atoms with Crippen LogP contribution in [0, 0.1) is 17.0 Å². The second-order valence-corrected chi connectivity index (χ2v) is 7.82. The molecule has 0 spiro atoms. The van der Waals surface area contributed by atoms with Crippen molar-refractivity contribution in [2.75, 3.05) is 7.11 Å². The minimum Gasteiger partial charge on any atom is -0.504 e. The van der Waals surface area contributed by atoms with Gasteiger partial charge in [-0.1, -0.05) is 6.07 Å². The molecule has 0 fully saturated rings. The van der Waals surface area contributed by atoms with Gasteiger partial charge in [0, 0.05) is 29.0 Å². The number of phenols is 1. The number of aryl methyl sites for hydroxylation is 1. The molecule has 0 radical (unpaired) electrons. The van der Waals surface area contributed by atoms with E-state index in [9.17, 15) is 15.2 Å². The highest BCUT2D eigenvalue weighted by molar-refractivity contribution is 5.84. The smallest absolute Gasteiger partial charge is 0.272 e. The van der Waals surface area contributed by atoms with Gasteiger partial charge in [0.05, 0.1) is 18.2 Å². The van der Waals surface area contributed by atoms with Crippen LogP contribution in [0.5, 0.6) is 11.5 Å². The highest BCUT2D eigenvalue weighted by Gasteiger charge is 2.16. The van der Waals surface area contributed by atoms with Crippen LogP contribution in [0.4, 0.5) is 11.5 Å². The van der Waals surface area contributed by atoms with E-state index in [1.807, 2.05) is 28.8 Å². The number of phenolic OH excluding ortho intramolecular Hbond substituents is 1. The largest absolute Gasteiger partial charge is 0.504 e. The number of nitro benzene ring substituents is 1. The first-order chi connectivity index (χ1) is 16.9. The van der Waals surface area contributed by atoms with Crippen LogP contribution in [0.25, 0.3) is 28.2 Å². The van der Waals surface area contributed by atoms with E-state index in [1.165, 1.54) is 13.2 Å². The van der Waals surface area contributed by atoms with Crippen LogP contribution >= 0.6 is 0 Å². The maximum absolute atomic E-state index is 11.1. The van der Waals surface area contributed by atoms with Gasteiger partial charge >= 0.3 is 0 Å². The highest BCUT2D eigenvalue weighted by Crippen LogP contribution is 2.36. The Labute approximate surface area is 199 Å². The van der Waals surface area contributed by atoms with Crippen molar-refractivity contribution in [3.63, 3.8) is 0 Å². The second-order valence-electron chi connectivity index (χ2n) is 7.82. The Morgan fingerprint density at radius 1 is 1.11 bits per heavy atom. The van der Waals surface area contributed by atoms with Gasteiger partial charge in [0.1, 0.15) is 22.9 Å². The number of pyridine rings is 1. The van der Waals surface area contributed by atoms with Gasteiger partial charge in [0.25, 0.3) is 5.69 Å². The van der Waals surface area contributed by atoms with Crippen LogP contribution in [0.3, 0.4) is 0 Å². The average Bonchev–Trinajstić information content (AvgIpc) is 3.47. The van der Waals surface area contributed by atoms with Crippen LogP contribution < -0.4 is 4.74 Å². The van der Waals surface area contributed by atoms with E-state index in [1.54, 1.807) is 55.6 Å². The average molecular weight is 468 g/mol. The molecule has 9 nitrogen and oxygen atoms in total. The number of aromatic hydroxyl groups is 1. The lowest BCUT2D eigenvalue weighted by atomic mass is 10.1. The van der Waals surface area contributed by atoms with Crippen LogP contribution in [-0.2, 0) is 0 Å². The fraction of sp³-hybridized carbons (Fsp3) is 0.0769. The number of ether oxygens (including phenoxy) is 1. The Kier molecular flexibility index (Phi) is 5.50. The summed E-state index contributed by atoms with van der Waals surface area (Å²) in [5.74, 6) is 2.04. The van der Waals surface area contributed by atoms with Crippen molar-refractivity contribution >= 4 is 23.4 Å². The van der Waals surface area contributed by atoms with E-state index in [0.717, 1.165) is 11.1 Å². The molecule has 5 aromatic rings. The number of imidazole rings is 1. The van der Waals surface area contributed by atoms with Gasteiger partial charge in [0.2, 0.25) is 0 Å². The monoisotopic (exact) mass is 468 g/mol. The number of furan rings is 1. The summed E-state index contributed by atoms with van der Waals surface area (Å²) in [5.41, 5.74) is 3.41. The van der Waals surface area contributed by atoms with Crippen LogP contribution in [-0.4, -0.2) is 32.7 Å². The fourth-order valence-corrected chi connectivity index (χ4v) is 3.84. The summed E-state index contributed by atoms with van der Waals surface area (Å²) < 4.78 is 13.0. The Morgan fingerprint density at radius 2 is 1.94 bits per heavy atom. The molecule has 3 aromatic heterocycles. The quantitative estimate of drug-likeness (QED) is 0.187. The van der Waals surface area contributed by atoms with E-state index in [0.29, 0.717) is 40.0 Å². The van der Waals surface area contributed by atoms with Crippen molar-refractivity contribution in [1.82, 2.24) is 9.38 Å². The van der Waals surface area contributed by atoms with E-state index in [4.69, 9.17) is 14.1 Å². The van der Waals surface area contributed by atoms with E-state index >= 15 is 0 Å². The van der Waals surface area contributed by atoms with Gasteiger partial charge in [-0.3, -0.25) is 14.5 Å². The summed E-state index contributed by atoms with van der Waals surface area (Å²) in [6.07, 6.45) is 3.46. The molecular weight excluding hydrogens is 448 g/mol. The molecule has 9 heteroatoms. The Bertz CT molecular complexity index is 1600. The molecule has 174 valence electrons. The van der Waals surface area contributed by atoms with E-state index in [2.05, 4.69) is 4.99 Å². The maximum atomic E-state index is 11.1. The molecule has 3 heterocycles. The van der Waals surface area contributed by atoms with Crippen LogP contribution in [0.2, 0.25) is 0 Å². The van der Waals surface area contributed by atoms with Gasteiger partial charge in [-0.25, -0.2) is 9.98 Å². The summed E-state index contributed by atoms with van der Waals surface area (Å²) in [5, 5.41) is 21.1. The molecule has 0 saturated carbocycles. The molecule has 1 N–H and O–H groups in total. The SMILES string of the molecule is COc1cc(-c2nc3ccccn3c2N=Cc2ccc(-c3ccc([N+](=O)[O-])c(C)c3)o2)ccc1O. The molecule has 0 unspecified atom stereocenters. The summed E-state index contributed by atoms with van der Waals surface area (Å²) in [6.45, 7) is 1.69. The predicted molar refractivity (Wildman–Crippen MR) is 132 cm³/mol. The van der Waals surface area contributed by atoms with E-state index < -0.39 is 4.92 Å². The zero-order valence-electron chi connectivity index (χ0n) is 18.9. The molecule has 35 heavy (non-hydrogen) atoms. The van der Waals surface area contributed by atoms with Crippen molar-refractivity contribution in [3.8, 4) is 34.1 Å². The molecule has 0 bridgehead atoms. The summed E-state index contributed by atoms with van der Waals surface area (Å²) in [7, 11) is 1.49. The lowest BCUT2D eigenvalue weighted by Crippen LogP contribution is -1.91. The van der Waals surface area contributed by atoms with Gasteiger partial charge in [-0.05, 0) is 61.5 Å². The first-order valence-electron chi connectivity index (χ1n) is 10.7. The number of rotatable bonds is 6. The molecule has 0 aliphatic rings. The zero-order chi connectivity index (χ0) is 24.5. The van der Waals surface area contributed by atoms with Gasteiger partial charge < -0.3 is 14.3 Å². The van der Waals surface area contributed by atoms with Crippen molar-refractivity contribution in [2.24, 2.45) is 4.99 Å². The minimum atomic E-state index is -0.406. The minimum absolute atomic E-state index is 0.0367. The van der Waals surface area contributed by atoms with Crippen molar-refractivity contribution < 1.29 is 19.2 Å². The number of hydrogen-bond donors (Lipinski definition) is 1. The molecule has 0 amide bonds. The van der Waals surface area contributed by atoms with Gasteiger partial charge in [-0.15, -0.1) is 0 Å². The summed E-state index contributed by atoms with van der Waals surface area (Å²) in [6, 6.07) is 19.1. The zero-order valence-corrected chi connectivity index (χ0v) is 18.9. The van der Waals surface area contributed by atoms with Crippen LogP contribution in [0.1, 0.15) is 11.3 Å². The van der Waals surface area contributed by atoms with Gasteiger partial charge in [0.15, 0.2) is 17.3 Å². The Balaban J connectivity index is 1.52. The first kappa shape index (κ1) is 21.9. The van der Waals surface area contributed by atoms with E-state index in [-0.39, 0.29) is 11.4 Å². The standard InChI is InChI=1S/C26H20N4O5/c1-16-13-17(6-9-20(16)30(32)33)22-11-8-19(35-22)15-27-26-25(28-24-5-3-4-12-29(24)26)18-7-10-21(31)23(14-18)34-2/h3-15,31H,1-2H3. The molecule has 0 aliphatic heterocycles. The third kappa shape index (κ3) is 4.10. The predicted octanol–water partition coefficient (Wildman–Crippen LogP) is 5.94. The lowest BCUT2D eigenvalue weighted by molar-refractivity contribution is -0.385. The fourth-order valence-electron chi connectivity index (χ4n) is 3.84. The number of fused-ring (bicyclic) bond motifs is 1. The molecule has 2 aromatic carbocycles. The van der Waals surface area contributed by atoms with Crippen molar-refractivity contribution in [3.05, 3.63) is 94.4 Å². The highest BCUT2D eigenvalue weighted by atomic mass is 16.6. The third-order valence-corrected chi connectivity index (χ3v) is 5.58. The molecular formula is C26H20N4O5. The second kappa shape index (κ2) is 8.79. The number of nitrogens with zero attached hydrogens (tertiary/aromatic N) is 4. The maximum Gasteiger partial charge on any atom is 0.272 e. The number of aromatic nitrogens is 2. The number of nitro groups is 1. The number of hydrogen-bond acceptors (Lipinski definition) is 7. The topological polar surface area (TPSA) is 115 Å². The van der Waals surface area contributed by atoms with Crippen molar-refractivity contribution in [1.29, 1.82) is 0 Å². The molecule has 0 aliphatic carbocycles. The van der Waals surface area contributed by atoms with Crippen LogP contribution in [0.15, 0.2) is 82.3 Å². The third-order valence-electron chi connectivity index (χ3n) is 5.58. The van der Waals surface area contributed by atoms with Crippen molar-refractivity contribution in [2.45, 2.75) is 6.92 Å². The molecule has 0 atom stereocenters. The Morgan fingerprint density at radius 3 is 2.71 bits per heavy atom. The molecule has 0 saturated heterocycles. The molecule has 5 rings (SSSR count). The number of benzene rings is 2. The lowest BCUT2D eigenvalue weighted by Gasteiger charge is -2.05. The first-order valence-corrected chi connectivity index (χ1v) is 10.7. The summed E-state index contributed by atoms with van der Waals surface area (Å²) >= 11 is 0. The summed E-state index contributed by atoms with van der Waals surface area (Å²) in [4.78, 5) is 20.1.